The van der Waals surface area contributed by atoms with E-state index >= 15 is 0 Å². The van der Waals surface area contributed by atoms with Crippen molar-refractivity contribution in [1.29, 1.82) is 0 Å². The fraction of sp³-hybridized carbons (Fsp3) is 0.611. The summed E-state index contributed by atoms with van der Waals surface area (Å²) in [5.41, 5.74) is 0.583. The van der Waals surface area contributed by atoms with Crippen molar-refractivity contribution >= 4 is 21.5 Å². The van der Waals surface area contributed by atoms with Crippen LogP contribution < -0.4 is 10.2 Å². The van der Waals surface area contributed by atoms with Gasteiger partial charge >= 0.3 is 0 Å². The number of rotatable bonds is 5. The Kier molecular flexibility index (Phi) is 6.49. The molecule has 1 aromatic rings. The first-order valence-corrected chi connectivity index (χ1v) is 10.5. The minimum atomic E-state index is -3.07. The van der Waals surface area contributed by atoms with E-state index in [1.807, 2.05) is 22.9 Å². The van der Waals surface area contributed by atoms with E-state index in [0.717, 1.165) is 6.42 Å². The van der Waals surface area contributed by atoms with E-state index in [2.05, 4.69) is 10.3 Å². The van der Waals surface area contributed by atoms with E-state index in [4.69, 9.17) is 0 Å². The summed E-state index contributed by atoms with van der Waals surface area (Å²) < 4.78 is 37.3. The molecule has 1 saturated heterocycles. The molecule has 1 heterocycles. The highest BCUT2D eigenvalue weighted by atomic mass is 32.2. The van der Waals surface area contributed by atoms with Crippen LogP contribution in [0.4, 0.5) is 10.1 Å². The predicted molar refractivity (Wildman–Crippen MR) is 105 cm³/mol. The molecular weight excluding hydrogens is 355 g/mol. The number of benzene rings is 1. The zero-order valence-corrected chi connectivity index (χ0v) is 16.8. The summed E-state index contributed by atoms with van der Waals surface area (Å²) in [7, 11) is 0.491. The summed E-state index contributed by atoms with van der Waals surface area (Å²) in [5, 5.41) is 3.29. The number of halogens is 1. The van der Waals surface area contributed by atoms with Crippen LogP contribution in [0.5, 0.6) is 0 Å². The van der Waals surface area contributed by atoms with Gasteiger partial charge in [-0.3, -0.25) is 4.99 Å². The molecular formula is C18H29FN4O2S. The molecule has 0 amide bonds. The smallest absolute Gasteiger partial charge is 0.193 e. The highest BCUT2D eigenvalue weighted by Gasteiger charge is 2.40. The van der Waals surface area contributed by atoms with Crippen molar-refractivity contribution < 1.29 is 12.8 Å². The van der Waals surface area contributed by atoms with E-state index in [1.165, 1.54) is 6.07 Å². The maximum atomic E-state index is 13.8. The second-order valence-corrected chi connectivity index (χ2v) is 9.94. The Hall–Kier alpha value is -1.83. The second kappa shape index (κ2) is 8.24. The lowest BCUT2D eigenvalue weighted by atomic mass is 10.2. The standard InChI is InChI=1S/C18H29FN4O2S/c1-18(2)14-23(12-13-26(18,24)25)17(20-3)21-10-7-11-22(4)16-9-6-5-8-15(16)19/h5-6,8-9H,7,10-14H2,1-4H3,(H,20,21). The van der Waals surface area contributed by atoms with Crippen molar-refractivity contribution in [3.63, 3.8) is 0 Å². The molecule has 26 heavy (non-hydrogen) atoms. The van der Waals surface area contributed by atoms with Gasteiger partial charge < -0.3 is 15.1 Å². The number of anilines is 1. The molecule has 0 radical (unpaired) electrons. The van der Waals surface area contributed by atoms with Crippen LogP contribution in [0.3, 0.4) is 0 Å². The van der Waals surface area contributed by atoms with Gasteiger partial charge in [-0.2, -0.15) is 0 Å². The Balaban J connectivity index is 1.84. The zero-order valence-electron chi connectivity index (χ0n) is 16.0. The fourth-order valence-electron chi connectivity index (χ4n) is 3.05. The van der Waals surface area contributed by atoms with E-state index < -0.39 is 14.6 Å². The van der Waals surface area contributed by atoms with Crippen molar-refractivity contribution in [1.82, 2.24) is 10.2 Å². The van der Waals surface area contributed by atoms with Crippen LogP contribution in [0.15, 0.2) is 29.3 Å². The van der Waals surface area contributed by atoms with Crippen LogP contribution in [0.2, 0.25) is 0 Å². The Labute approximate surface area is 156 Å². The molecule has 146 valence electrons. The maximum absolute atomic E-state index is 13.8. The minimum Gasteiger partial charge on any atom is -0.372 e. The van der Waals surface area contributed by atoms with Crippen molar-refractivity contribution in [3.05, 3.63) is 30.1 Å². The minimum absolute atomic E-state index is 0.136. The van der Waals surface area contributed by atoms with Crippen LogP contribution in [-0.2, 0) is 9.84 Å². The number of guanidine groups is 1. The van der Waals surface area contributed by atoms with Crippen molar-refractivity contribution in [2.24, 2.45) is 4.99 Å². The van der Waals surface area contributed by atoms with Gasteiger partial charge in [0, 0.05) is 40.3 Å². The molecule has 1 aliphatic rings. The number of nitrogens with zero attached hydrogens (tertiary/aromatic N) is 3. The average molecular weight is 385 g/mol. The molecule has 0 unspecified atom stereocenters. The molecule has 0 saturated carbocycles. The molecule has 0 aromatic heterocycles. The maximum Gasteiger partial charge on any atom is 0.193 e. The third-order valence-electron chi connectivity index (χ3n) is 4.77. The number of sulfone groups is 1. The summed E-state index contributed by atoms with van der Waals surface area (Å²) in [6.45, 7) is 5.75. The van der Waals surface area contributed by atoms with Crippen molar-refractivity contribution in [2.45, 2.75) is 25.0 Å². The highest BCUT2D eigenvalue weighted by molar-refractivity contribution is 7.92. The van der Waals surface area contributed by atoms with Gasteiger partial charge in [0.1, 0.15) is 5.82 Å². The van der Waals surface area contributed by atoms with Gasteiger partial charge in [0.15, 0.2) is 15.8 Å². The molecule has 2 rings (SSSR count). The predicted octanol–water partition coefficient (Wildman–Crippen LogP) is 1.74. The van der Waals surface area contributed by atoms with Crippen LogP contribution in [0.1, 0.15) is 20.3 Å². The van der Waals surface area contributed by atoms with E-state index in [0.29, 0.717) is 37.8 Å². The molecule has 0 aliphatic carbocycles. The first-order valence-electron chi connectivity index (χ1n) is 8.81. The molecule has 1 aliphatic heterocycles. The van der Waals surface area contributed by atoms with E-state index in [-0.39, 0.29) is 11.6 Å². The number of hydrogen-bond donors (Lipinski definition) is 1. The molecule has 6 nitrogen and oxygen atoms in total. The quantitative estimate of drug-likeness (QED) is 0.476. The Morgan fingerprint density at radius 1 is 1.38 bits per heavy atom. The lowest BCUT2D eigenvalue weighted by molar-refractivity contribution is 0.353. The van der Waals surface area contributed by atoms with Gasteiger partial charge in [0.2, 0.25) is 0 Å². The van der Waals surface area contributed by atoms with Gasteiger partial charge in [-0.1, -0.05) is 12.1 Å². The second-order valence-electron chi connectivity index (χ2n) is 7.20. The van der Waals surface area contributed by atoms with Gasteiger partial charge in [0.25, 0.3) is 0 Å². The summed E-state index contributed by atoms with van der Waals surface area (Å²) in [6, 6.07) is 6.72. The van der Waals surface area contributed by atoms with Crippen LogP contribution in [0.25, 0.3) is 0 Å². The Morgan fingerprint density at radius 3 is 2.69 bits per heavy atom. The lowest BCUT2D eigenvalue weighted by Gasteiger charge is -2.39. The average Bonchev–Trinajstić information content (AvgIpc) is 2.58. The van der Waals surface area contributed by atoms with E-state index in [9.17, 15) is 12.8 Å². The first kappa shape index (κ1) is 20.5. The number of para-hydroxylation sites is 1. The number of hydrogen-bond acceptors (Lipinski definition) is 4. The normalized spacial score (nSPS) is 19.3. The monoisotopic (exact) mass is 384 g/mol. The molecule has 1 aromatic carbocycles. The zero-order chi connectivity index (χ0) is 19.4. The van der Waals surface area contributed by atoms with Crippen molar-refractivity contribution in [2.75, 3.05) is 50.9 Å². The Bertz CT molecular complexity index is 749. The third-order valence-corrected chi connectivity index (χ3v) is 7.30. The summed E-state index contributed by atoms with van der Waals surface area (Å²) in [6.07, 6.45) is 0.805. The van der Waals surface area contributed by atoms with Gasteiger partial charge in [-0.25, -0.2) is 12.8 Å². The van der Waals surface area contributed by atoms with Crippen molar-refractivity contribution in [3.8, 4) is 0 Å². The summed E-state index contributed by atoms with van der Waals surface area (Å²) in [5.74, 6) is 0.619. The lowest BCUT2D eigenvalue weighted by Crippen LogP contribution is -2.57. The van der Waals surface area contributed by atoms with Gasteiger partial charge in [-0.15, -0.1) is 0 Å². The molecule has 8 heteroatoms. The molecule has 1 fully saturated rings. The molecule has 0 bridgehead atoms. The van der Waals surface area contributed by atoms with Gasteiger partial charge in [-0.05, 0) is 32.4 Å². The largest absolute Gasteiger partial charge is 0.372 e. The molecule has 1 N–H and O–H groups in total. The topological polar surface area (TPSA) is 65.0 Å². The molecule has 0 atom stereocenters. The summed E-state index contributed by atoms with van der Waals surface area (Å²) in [4.78, 5) is 8.15. The molecule has 0 spiro atoms. The summed E-state index contributed by atoms with van der Waals surface area (Å²) >= 11 is 0. The highest BCUT2D eigenvalue weighted by Crippen LogP contribution is 2.23. The fourth-order valence-corrected chi connectivity index (χ4v) is 4.42. The first-order chi connectivity index (χ1) is 12.2. The number of nitrogens with one attached hydrogen (secondary N) is 1. The number of aliphatic imine (C=N–C) groups is 1. The van der Waals surface area contributed by atoms with Gasteiger partial charge in [0.05, 0.1) is 16.2 Å². The Morgan fingerprint density at radius 2 is 2.08 bits per heavy atom. The van der Waals surface area contributed by atoms with Crippen LogP contribution in [-0.4, -0.2) is 70.1 Å². The van der Waals surface area contributed by atoms with Crippen LogP contribution in [0, 0.1) is 5.82 Å². The van der Waals surface area contributed by atoms with E-state index in [1.54, 1.807) is 33.0 Å². The SMILES string of the molecule is CN=C(NCCCN(C)c1ccccc1F)N1CCS(=O)(=O)C(C)(C)C1. The third kappa shape index (κ3) is 4.66. The van der Waals surface area contributed by atoms with Crippen LogP contribution >= 0.6 is 0 Å².